The molecule has 0 radical (unpaired) electrons. The maximum absolute atomic E-state index is 13.0. The van der Waals surface area contributed by atoms with Crippen LogP contribution in [0.2, 0.25) is 0 Å². The number of nitrogens with zero attached hydrogens (tertiary/aromatic N) is 9. The molecule has 1 amide bonds. The molecule has 0 aliphatic carbocycles. The number of aryl methyl sites for hydroxylation is 2. The fourth-order valence-corrected chi connectivity index (χ4v) is 5.75. The number of anilines is 3. The van der Waals surface area contributed by atoms with Crippen LogP contribution < -0.4 is 9.80 Å². The molecule has 3 aliphatic rings. The van der Waals surface area contributed by atoms with Gasteiger partial charge in [-0.1, -0.05) is 6.07 Å². The molecule has 0 spiro atoms. The third-order valence-corrected chi connectivity index (χ3v) is 7.86. The van der Waals surface area contributed by atoms with Gasteiger partial charge < -0.3 is 14.7 Å². The lowest BCUT2D eigenvalue weighted by molar-refractivity contribution is 0.0594. The molecule has 0 N–H and O–H groups in total. The average molecular weight is 508 g/mol. The van der Waals surface area contributed by atoms with Crippen LogP contribution in [-0.2, 0) is 19.5 Å². The summed E-state index contributed by atoms with van der Waals surface area (Å²) in [7, 11) is 0. The van der Waals surface area contributed by atoms with Gasteiger partial charge in [-0.25, -0.2) is 4.68 Å². The number of hydrogen-bond acceptors (Lipinski definition) is 8. The lowest BCUT2D eigenvalue weighted by atomic mass is 9.92. The second-order valence-electron chi connectivity index (χ2n) is 10.3. The first-order valence-corrected chi connectivity index (χ1v) is 13.2. The molecular weight excluding hydrogens is 478 g/mol. The Morgan fingerprint density at radius 2 is 1.95 bits per heavy atom. The normalized spacial score (nSPS) is 17.1. The summed E-state index contributed by atoms with van der Waals surface area (Å²) in [5.41, 5.74) is 5.96. The summed E-state index contributed by atoms with van der Waals surface area (Å²) in [5.74, 6) is 2.20. The van der Waals surface area contributed by atoms with Gasteiger partial charge in [0.15, 0.2) is 11.5 Å². The van der Waals surface area contributed by atoms with Crippen LogP contribution in [0, 0.1) is 6.92 Å². The number of aromatic nitrogens is 6. The molecule has 192 valence electrons. The Bertz CT molecular complexity index is 1500. The smallest absolute Gasteiger partial charge is 0.274 e. The van der Waals surface area contributed by atoms with Gasteiger partial charge in [0.2, 0.25) is 0 Å². The Morgan fingerprint density at radius 3 is 2.79 bits per heavy atom. The summed E-state index contributed by atoms with van der Waals surface area (Å²) in [6.07, 6.45) is 9.39. The van der Waals surface area contributed by atoms with Crippen molar-refractivity contribution in [2.45, 2.75) is 38.8 Å². The Kier molecular flexibility index (Phi) is 5.52. The molecule has 0 saturated carbocycles. The van der Waals surface area contributed by atoms with Crippen LogP contribution in [-0.4, -0.2) is 66.9 Å². The molecule has 10 heteroatoms. The molecule has 0 bridgehead atoms. The van der Waals surface area contributed by atoms with Crippen molar-refractivity contribution in [3.05, 3.63) is 83.2 Å². The van der Waals surface area contributed by atoms with E-state index in [-0.39, 0.29) is 5.91 Å². The molecular formula is C28H29N9O. The summed E-state index contributed by atoms with van der Waals surface area (Å²) in [6.45, 7) is 6.81. The number of fused-ring (bicyclic) bond motifs is 2. The molecule has 38 heavy (non-hydrogen) atoms. The van der Waals surface area contributed by atoms with Crippen molar-refractivity contribution in [3.63, 3.8) is 0 Å². The standard InChI is InChI=1S/C28H29N9O/c1-19-12-25(28(38)35-17-22(18-35)20-4-2-7-29-14-20)32-33-27(19)34-11-6-24-21(16-34)13-23(15-30-24)36-9-3-10-37-26(36)5-8-31-37/h2,4-5,7-8,12-15,22H,3,6,9-11,16-18H2,1H3. The second kappa shape index (κ2) is 9.20. The Hall–Kier alpha value is -4.34. The Labute approximate surface area is 220 Å². The van der Waals surface area contributed by atoms with Crippen LogP contribution >= 0.6 is 0 Å². The lowest BCUT2D eigenvalue weighted by Gasteiger charge is -2.39. The highest BCUT2D eigenvalue weighted by Gasteiger charge is 2.33. The highest BCUT2D eigenvalue weighted by Crippen LogP contribution is 2.32. The summed E-state index contributed by atoms with van der Waals surface area (Å²) in [6, 6.07) is 10.2. The molecule has 0 aromatic carbocycles. The van der Waals surface area contributed by atoms with Crippen molar-refractivity contribution in [1.82, 2.24) is 34.8 Å². The number of amides is 1. The topological polar surface area (TPSA) is 96.2 Å². The predicted molar refractivity (Wildman–Crippen MR) is 142 cm³/mol. The minimum atomic E-state index is -0.0640. The molecule has 1 fully saturated rings. The van der Waals surface area contributed by atoms with E-state index in [1.807, 2.05) is 42.5 Å². The highest BCUT2D eigenvalue weighted by molar-refractivity contribution is 5.93. The first-order valence-electron chi connectivity index (χ1n) is 13.2. The third kappa shape index (κ3) is 3.96. The van der Waals surface area contributed by atoms with Gasteiger partial charge in [-0.05, 0) is 48.2 Å². The monoisotopic (exact) mass is 507 g/mol. The Balaban J connectivity index is 1.06. The van der Waals surface area contributed by atoms with Crippen molar-refractivity contribution in [3.8, 4) is 0 Å². The number of likely N-dealkylation sites (tertiary alicyclic amines) is 1. The fraction of sp³-hybridized carbons (Fsp3) is 0.357. The van der Waals surface area contributed by atoms with Crippen molar-refractivity contribution < 1.29 is 4.79 Å². The molecule has 4 aromatic heterocycles. The molecule has 4 aromatic rings. The van der Waals surface area contributed by atoms with E-state index in [9.17, 15) is 4.79 Å². The van der Waals surface area contributed by atoms with Gasteiger partial charge >= 0.3 is 0 Å². The number of hydrogen-bond donors (Lipinski definition) is 0. The molecule has 7 rings (SSSR count). The van der Waals surface area contributed by atoms with Crippen molar-refractivity contribution in [2.75, 3.05) is 36.0 Å². The first kappa shape index (κ1) is 22.8. The van der Waals surface area contributed by atoms with Crippen LogP contribution in [0.15, 0.2) is 55.1 Å². The molecule has 10 nitrogen and oxygen atoms in total. The van der Waals surface area contributed by atoms with Crippen molar-refractivity contribution in [2.24, 2.45) is 0 Å². The van der Waals surface area contributed by atoms with E-state index in [0.29, 0.717) is 31.2 Å². The maximum atomic E-state index is 13.0. The second-order valence-corrected chi connectivity index (χ2v) is 10.3. The van der Waals surface area contributed by atoms with Crippen LogP contribution in [0.1, 0.15) is 45.2 Å². The summed E-state index contributed by atoms with van der Waals surface area (Å²) < 4.78 is 2.05. The summed E-state index contributed by atoms with van der Waals surface area (Å²) in [4.78, 5) is 28.4. The largest absolute Gasteiger partial charge is 0.350 e. The van der Waals surface area contributed by atoms with Crippen LogP contribution in [0.5, 0.6) is 0 Å². The first-order chi connectivity index (χ1) is 18.6. The number of pyridine rings is 2. The van der Waals surface area contributed by atoms with E-state index in [2.05, 4.69) is 53.0 Å². The van der Waals surface area contributed by atoms with E-state index in [4.69, 9.17) is 4.98 Å². The molecule has 0 atom stereocenters. The van der Waals surface area contributed by atoms with E-state index in [1.54, 1.807) is 6.20 Å². The predicted octanol–water partition coefficient (Wildman–Crippen LogP) is 3.12. The lowest BCUT2D eigenvalue weighted by Crippen LogP contribution is -2.48. The SMILES string of the molecule is Cc1cc(C(=O)N2CC(c3cccnc3)C2)nnc1N1CCc2ncc(N3CCCn4nccc43)cc2C1. The quantitative estimate of drug-likeness (QED) is 0.416. The van der Waals surface area contributed by atoms with Gasteiger partial charge in [0, 0.05) is 75.8 Å². The van der Waals surface area contributed by atoms with Crippen LogP contribution in [0.4, 0.5) is 17.3 Å². The number of rotatable bonds is 4. The zero-order valence-electron chi connectivity index (χ0n) is 21.4. The Morgan fingerprint density at radius 1 is 1.03 bits per heavy atom. The van der Waals surface area contributed by atoms with Gasteiger partial charge in [-0.3, -0.25) is 14.8 Å². The zero-order chi connectivity index (χ0) is 25.6. The van der Waals surface area contributed by atoms with Crippen molar-refractivity contribution in [1.29, 1.82) is 0 Å². The molecule has 1 saturated heterocycles. The van der Waals surface area contributed by atoms with E-state index < -0.39 is 0 Å². The fourth-order valence-electron chi connectivity index (χ4n) is 5.75. The number of carbonyl (C=O) groups excluding carboxylic acids is 1. The van der Waals surface area contributed by atoms with E-state index >= 15 is 0 Å². The average Bonchev–Trinajstić information content (AvgIpc) is 3.41. The van der Waals surface area contributed by atoms with Gasteiger partial charge in [-0.15, -0.1) is 10.2 Å². The highest BCUT2D eigenvalue weighted by atomic mass is 16.2. The van der Waals surface area contributed by atoms with Gasteiger partial charge in [0.25, 0.3) is 5.91 Å². The molecule has 7 heterocycles. The molecule has 3 aliphatic heterocycles. The van der Waals surface area contributed by atoms with Crippen molar-refractivity contribution >= 4 is 23.2 Å². The zero-order valence-corrected chi connectivity index (χ0v) is 21.4. The van der Waals surface area contributed by atoms with Gasteiger partial charge in [0.05, 0.1) is 18.1 Å². The maximum Gasteiger partial charge on any atom is 0.274 e. The molecule has 0 unspecified atom stereocenters. The summed E-state index contributed by atoms with van der Waals surface area (Å²) >= 11 is 0. The van der Waals surface area contributed by atoms with Gasteiger partial charge in [-0.2, -0.15) is 5.10 Å². The minimum Gasteiger partial charge on any atom is -0.350 e. The third-order valence-electron chi connectivity index (χ3n) is 7.86. The summed E-state index contributed by atoms with van der Waals surface area (Å²) in [5, 5.41) is 13.3. The van der Waals surface area contributed by atoms with E-state index in [0.717, 1.165) is 61.1 Å². The van der Waals surface area contributed by atoms with Crippen LogP contribution in [0.25, 0.3) is 0 Å². The van der Waals surface area contributed by atoms with Gasteiger partial charge in [0.1, 0.15) is 5.82 Å². The number of carbonyl (C=O) groups is 1. The minimum absolute atomic E-state index is 0.0640. The van der Waals surface area contributed by atoms with E-state index in [1.165, 1.54) is 11.1 Å². The van der Waals surface area contributed by atoms with Crippen LogP contribution in [0.3, 0.4) is 0 Å².